The topological polar surface area (TPSA) is 64.7 Å². The van der Waals surface area contributed by atoms with Crippen LogP contribution < -0.4 is 15.5 Å². The summed E-state index contributed by atoms with van der Waals surface area (Å²) in [5.74, 6) is -0.0110. The number of carbonyl (C=O) groups is 2. The summed E-state index contributed by atoms with van der Waals surface area (Å²) >= 11 is 1.44. The molecule has 0 aliphatic heterocycles. The number of hydrogen-bond donors (Lipinski definition) is 2. The molecule has 0 unspecified atom stereocenters. The van der Waals surface area contributed by atoms with Gasteiger partial charge in [0.05, 0.1) is 10.9 Å². The number of anilines is 2. The van der Waals surface area contributed by atoms with Crippen molar-refractivity contribution in [2.75, 3.05) is 30.9 Å². The van der Waals surface area contributed by atoms with Crippen molar-refractivity contribution in [3.8, 4) is 0 Å². The first-order chi connectivity index (χ1) is 15.4. The van der Waals surface area contributed by atoms with Crippen LogP contribution in [0.1, 0.15) is 40.7 Å². The summed E-state index contributed by atoms with van der Waals surface area (Å²) in [4.78, 5) is 30.1. The zero-order chi connectivity index (χ0) is 23.1. The van der Waals surface area contributed by atoms with Gasteiger partial charge < -0.3 is 20.4 Å². The summed E-state index contributed by atoms with van der Waals surface area (Å²) in [6.07, 6.45) is 0. The maximum absolute atomic E-state index is 13.5. The van der Waals surface area contributed by atoms with E-state index in [-0.39, 0.29) is 18.0 Å². The summed E-state index contributed by atoms with van der Waals surface area (Å²) in [5, 5.41) is 7.53. The van der Waals surface area contributed by atoms with Crippen molar-refractivity contribution in [1.29, 1.82) is 0 Å². The zero-order valence-electron chi connectivity index (χ0n) is 19.0. The fourth-order valence-corrected chi connectivity index (χ4v) is 4.26. The van der Waals surface area contributed by atoms with E-state index in [0.29, 0.717) is 23.7 Å². The predicted octanol–water partition coefficient (Wildman–Crippen LogP) is 5.36. The SMILES string of the molecule is CCNC(=O)Nc1ccc(N(C)C)c(CN(C(=O)c2cccs2)[C@H](C)c2ccccc2)c1. The van der Waals surface area contributed by atoms with Crippen LogP contribution >= 0.6 is 11.3 Å². The van der Waals surface area contributed by atoms with Gasteiger partial charge in [0.25, 0.3) is 5.91 Å². The Hall–Kier alpha value is -3.32. The van der Waals surface area contributed by atoms with E-state index in [1.165, 1.54) is 11.3 Å². The Labute approximate surface area is 193 Å². The Morgan fingerprint density at radius 3 is 2.41 bits per heavy atom. The summed E-state index contributed by atoms with van der Waals surface area (Å²) in [7, 11) is 3.95. The highest BCUT2D eigenvalue weighted by Gasteiger charge is 2.25. The standard InChI is InChI=1S/C25H30N4O2S/c1-5-26-25(31)27-21-13-14-22(28(3)4)20(16-21)17-29(24(30)23-12-9-15-32-23)18(2)19-10-7-6-8-11-19/h6-16,18H,5,17H2,1-4H3,(H2,26,27,31)/t18-/m1/s1. The lowest BCUT2D eigenvalue weighted by atomic mass is 10.0. The smallest absolute Gasteiger partial charge is 0.319 e. The first-order valence-electron chi connectivity index (χ1n) is 10.6. The van der Waals surface area contributed by atoms with E-state index in [1.807, 2.05) is 104 Å². The first-order valence-corrected chi connectivity index (χ1v) is 11.5. The molecule has 3 aromatic rings. The maximum Gasteiger partial charge on any atom is 0.319 e. The molecule has 0 bridgehead atoms. The molecule has 2 aromatic carbocycles. The van der Waals surface area contributed by atoms with Gasteiger partial charge in [0.2, 0.25) is 0 Å². The van der Waals surface area contributed by atoms with E-state index in [0.717, 1.165) is 16.8 Å². The fourth-order valence-electron chi connectivity index (χ4n) is 3.58. The molecule has 0 spiro atoms. The number of rotatable bonds is 8. The van der Waals surface area contributed by atoms with Crippen molar-refractivity contribution in [2.45, 2.75) is 26.4 Å². The molecule has 32 heavy (non-hydrogen) atoms. The van der Waals surface area contributed by atoms with Crippen molar-refractivity contribution in [1.82, 2.24) is 10.2 Å². The Kier molecular flexibility index (Phi) is 7.89. The average Bonchev–Trinajstić information content (AvgIpc) is 3.32. The largest absolute Gasteiger partial charge is 0.377 e. The minimum atomic E-state index is -0.250. The summed E-state index contributed by atoms with van der Waals surface area (Å²) in [6, 6.07) is 19.2. The highest BCUT2D eigenvalue weighted by Crippen LogP contribution is 2.30. The third kappa shape index (κ3) is 5.68. The molecule has 0 radical (unpaired) electrons. The molecule has 3 amide bonds. The minimum Gasteiger partial charge on any atom is -0.377 e. The molecule has 7 heteroatoms. The van der Waals surface area contributed by atoms with Crippen LogP contribution in [0.15, 0.2) is 66.0 Å². The van der Waals surface area contributed by atoms with Crippen LogP contribution in [-0.2, 0) is 6.54 Å². The highest BCUT2D eigenvalue weighted by molar-refractivity contribution is 7.12. The van der Waals surface area contributed by atoms with E-state index in [9.17, 15) is 9.59 Å². The number of carbonyl (C=O) groups excluding carboxylic acids is 2. The monoisotopic (exact) mass is 450 g/mol. The van der Waals surface area contributed by atoms with Gasteiger partial charge in [0, 0.05) is 38.6 Å². The molecule has 0 aliphatic carbocycles. The molecular formula is C25H30N4O2S. The molecule has 3 rings (SSSR count). The normalized spacial score (nSPS) is 11.5. The summed E-state index contributed by atoms with van der Waals surface area (Å²) in [6.45, 7) is 4.88. The highest BCUT2D eigenvalue weighted by atomic mass is 32.1. The van der Waals surface area contributed by atoms with Gasteiger partial charge in [0.15, 0.2) is 0 Å². The average molecular weight is 451 g/mol. The van der Waals surface area contributed by atoms with E-state index < -0.39 is 0 Å². The van der Waals surface area contributed by atoms with Crippen molar-refractivity contribution in [2.24, 2.45) is 0 Å². The van der Waals surface area contributed by atoms with Crippen LogP contribution in [0, 0.1) is 0 Å². The van der Waals surface area contributed by atoms with Gasteiger partial charge in [-0.2, -0.15) is 0 Å². The van der Waals surface area contributed by atoms with Crippen LogP contribution in [0.25, 0.3) is 0 Å². The summed E-state index contributed by atoms with van der Waals surface area (Å²) < 4.78 is 0. The molecule has 6 nitrogen and oxygen atoms in total. The third-order valence-electron chi connectivity index (χ3n) is 5.24. The number of urea groups is 1. The van der Waals surface area contributed by atoms with Crippen molar-refractivity contribution in [3.05, 3.63) is 82.0 Å². The Morgan fingerprint density at radius 2 is 1.78 bits per heavy atom. The van der Waals surface area contributed by atoms with E-state index >= 15 is 0 Å². The number of nitrogens with one attached hydrogen (secondary N) is 2. The van der Waals surface area contributed by atoms with Crippen LogP contribution in [0.3, 0.4) is 0 Å². The predicted molar refractivity (Wildman–Crippen MR) is 133 cm³/mol. The van der Waals surface area contributed by atoms with Crippen LogP contribution in [-0.4, -0.2) is 37.5 Å². The fraction of sp³-hybridized carbons (Fsp3) is 0.280. The number of nitrogens with zero attached hydrogens (tertiary/aromatic N) is 2. The molecule has 2 N–H and O–H groups in total. The Morgan fingerprint density at radius 1 is 1.03 bits per heavy atom. The van der Waals surface area contributed by atoms with Gasteiger partial charge in [-0.25, -0.2) is 4.79 Å². The van der Waals surface area contributed by atoms with Gasteiger partial charge in [-0.3, -0.25) is 4.79 Å². The second-order valence-corrected chi connectivity index (χ2v) is 8.67. The number of amides is 3. The molecule has 1 atom stereocenters. The van der Waals surface area contributed by atoms with Gasteiger partial charge in [-0.15, -0.1) is 11.3 Å². The Bertz CT molecular complexity index is 1040. The molecule has 0 fully saturated rings. The van der Waals surface area contributed by atoms with Gasteiger partial charge in [-0.1, -0.05) is 36.4 Å². The van der Waals surface area contributed by atoms with E-state index in [4.69, 9.17) is 0 Å². The molecule has 168 valence electrons. The van der Waals surface area contributed by atoms with Gasteiger partial charge in [-0.05, 0) is 54.6 Å². The second kappa shape index (κ2) is 10.8. The van der Waals surface area contributed by atoms with Crippen molar-refractivity contribution >= 4 is 34.6 Å². The van der Waals surface area contributed by atoms with Gasteiger partial charge >= 0.3 is 6.03 Å². The zero-order valence-corrected chi connectivity index (χ0v) is 19.8. The lowest BCUT2D eigenvalue weighted by Crippen LogP contribution is -2.33. The lowest BCUT2D eigenvalue weighted by molar-refractivity contribution is 0.0679. The van der Waals surface area contributed by atoms with Crippen LogP contribution in [0.4, 0.5) is 16.2 Å². The number of benzene rings is 2. The van der Waals surface area contributed by atoms with Gasteiger partial charge in [0.1, 0.15) is 0 Å². The summed E-state index contributed by atoms with van der Waals surface area (Å²) in [5.41, 5.74) is 3.71. The molecular weight excluding hydrogens is 420 g/mol. The molecule has 1 aromatic heterocycles. The molecule has 0 aliphatic rings. The maximum atomic E-state index is 13.5. The molecule has 0 saturated heterocycles. The number of thiophene rings is 1. The van der Waals surface area contributed by atoms with E-state index in [2.05, 4.69) is 10.6 Å². The minimum absolute atomic E-state index is 0.0110. The van der Waals surface area contributed by atoms with Crippen LogP contribution in [0.2, 0.25) is 0 Å². The van der Waals surface area contributed by atoms with Crippen molar-refractivity contribution in [3.63, 3.8) is 0 Å². The second-order valence-electron chi connectivity index (χ2n) is 7.72. The molecule has 0 saturated carbocycles. The van der Waals surface area contributed by atoms with Crippen molar-refractivity contribution < 1.29 is 9.59 Å². The first kappa shape index (κ1) is 23.3. The lowest BCUT2D eigenvalue weighted by Gasteiger charge is -2.31. The van der Waals surface area contributed by atoms with E-state index in [1.54, 1.807) is 0 Å². The quantitative estimate of drug-likeness (QED) is 0.486. The Balaban J connectivity index is 1.98. The third-order valence-corrected chi connectivity index (χ3v) is 6.10. The number of hydrogen-bond acceptors (Lipinski definition) is 4. The molecule has 1 heterocycles. The van der Waals surface area contributed by atoms with Crippen LogP contribution in [0.5, 0.6) is 0 Å².